The first kappa shape index (κ1) is 5.69. The standard InChI is InChI=1S/C7H13NO/c1-9-7-3-5-2-6(7)8-4-5/h5-8H,2-4H2,1H3/t5-,6+,7+/m0/s1. The van der Waals surface area contributed by atoms with E-state index >= 15 is 0 Å². The molecule has 1 aliphatic heterocycles. The molecule has 2 fully saturated rings. The number of rotatable bonds is 1. The average Bonchev–Trinajstić information content (AvgIpc) is 2.45. The van der Waals surface area contributed by atoms with Crippen LogP contribution in [0.2, 0.25) is 0 Å². The van der Waals surface area contributed by atoms with Crippen molar-refractivity contribution in [3.63, 3.8) is 0 Å². The molecular formula is C7H13NO. The predicted octanol–water partition coefficient (Wildman–Crippen LogP) is 0.383. The smallest absolute Gasteiger partial charge is 0.0727 e. The Morgan fingerprint density at radius 3 is 2.67 bits per heavy atom. The van der Waals surface area contributed by atoms with Crippen molar-refractivity contribution >= 4 is 0 Å². The second kappa shape index (κ2) is 1.96. The molecule has 2 heteroatoms. The fourth-order valence-electron chi connectivity index (χ4n) is 2.06. The lowest BCUT2D eigenvalue weighted by atomic mass is 10.1. The summed E-state index contributed by atoms with van der Waals surface area (Å²) in [6.07, 6.45) is 3.15. The van der Waals surface area contributed by atoms with Gasteiger partial charge in [0, 0.05) is 13.2 Å². The van der Waals surface area contributed by atoms with E-state index in [-0.39, 0.29) is 0 Å². The molecule has 3 atom stereocenters. The van der Waals surface area contributed by atoms with E-state index in [1.807, 2.05) is 7.11 Å². The van der Waals surface area contributed by atoms with Gasteiger partial charge in [0.15, 0.2) is 0 Å². The highest BCUT2D eigenvalue weighted by molar-refractivity contribution is 4.96. The lowest BCUT2D eigenvalue weighted by molar-refractivity contribution is 0.0738. The van der Waals surface area contributed by atoms with Crippen LogP contribution in [0.3, 0.4) is 0 Å². The minimum Gasteiger partial charge on any atom is -0.380 e. The first-order chi connectivity index (χ1) is 4.40. The number of hydrogen-bond acceptors (Lipinski definition) is 2. The first-order valence-electron chi connectivity index (χ1n) is 3.66. The molecular weight excluding hydrogens is 114 g/mol. The van der Waals surface area contributed by atoms with Crippen LogP contribution in [-0.2, 0) is 4.74 Å². The minimum absolute atomic E-state index is 0.517. The van der Waals surface area contributed by atoms with Crippen LogP contribution in [0.1, 0.15) is 12.8 Å². The van der Waals surface area contributed by atoms with Crippen molar-refractivity contribution in [1.29, 1.82) is 0 Å². The first-order valence-corrected chi connectivity index (χ1v) is 3.66. The normalized spacial score (nSPS) is 48.3. The highest BCUT2D eigenvalue weighted by Gasteiger charge is 2.39. The Hall–Kier alpha value is -0.0800. The third kappa shape index (κ3) is 0.775. The van der Waals surface area contributed by atoms with Crippen LogP contribution in [0, 0.1) is 5.92 Å². The Balaban J connectivity index is 2.01. The summed E-state index contributed by atoms with van der Waals surface area (Å²) in [5, 5.41) is 3.43. The molecule has 1 heterocycles. The Bertz CT molecular complexity index is 115. The molecule has 0 aromatic heterocycles. The lowest BCUT2D eigenvalue weighted by Gasteiger charge is -2.20. The number of fused-ring (bicyclic) bond motifs is 2. The number of nitrogens with one attached hydrogen (secondary N) is 1. The van der Waals surface area contributed by atoms with Gasteiger partial charge in [-0.2, -0.15) is 0 Å². The van der Waals surface area contributed by atoms with E-state index in [0.717, 1.165) is 5.92 Å². The maximum Gasteiger partial charge on any atom is 0.0727 e. The number of ether oxygens (including phenoxy) is 1. The summed E-state index contributed by atoms with van der Waals surface area (Å²) in [6, 6.07) is 0.681. The summed E-state index contributed by atoms with van der Waals surface area (Å²) in [5.41, 5.74) is 0. The summed E-state index contributed by atoms with van der Waals surface area (Å²) in [5.74, 6) is 0.917. The van der Waals surface area contributed by atoms with Gasteiger partial charge in [-0.25, -0.2) is 0 Å². The fourth-order valence-corrected chi connectivity index (χ4v) is 2.06. The lowest BCUT2D eigenvalue weighted by Crippen LogP contribution is -2.37. The quantitative estimate of drug-likeness (QED) is 0.550. The van der Waals surface area contributed by atoms with Crippen molar-refractivity contribution in [1.82, 2.24) is 5.32 Å². The summed E-state index contributed by atoms with van der Waals surface area (Å²) in [7, 11) is 1.81. The van der Waals surface area contributed by atoms with Gasteiger partial charge in [0.1, 0.15) is 0 Å². The summed E-state index contributed by atoms with van der Waals surface area (Å²) in [4.78, 5) is 0. The van der Waals surface area contributed by atoms with Crippen LogP contribution in [0.5, 0.6) is 0 Å². The predicted molar refractivity (Wildman–Crippen MR) is 35.3 cm³/mol. The van der Waals surface area contributed by atoms with Crippen molar-refractivity contribution in [2.45, 2.75) is 25.0 Å². The van der Waals surface area contributed by atoms with Gasteiger partial charge in [0.2, 0.25) is 0 Å². The zero-order chi connectivity index (χ0) is 6.27. The van der Waals surface area contributed by atoms with Crippen molar-refractivity contribution in [3.05, 3.63) is 0 Å². The van der Waals surface area contributed by atoms with Gasteiger partial charge < -0.3 is 10.1 Å². The van der Waals surface area contributed by atoms with Crippen molar-refractivity contribution in [2.75, 3.05) is 13.7 Å². The van der Waals surface area contributed by atoms with E-state index in [9.17, 15) is 0 Å². The van der Waals surface area contributed by atoms with Gasteiger partial charge in [0.05, 0.1) is 6.10 Å². The summed E-state index contributed by atoms with van der Waals surface area (Å²) in [6.45, 7) is 1.23. The second-order valence-corrected chi connectivity index (χ2v) is 3.13. The molecule has 1 N–H and O–H groups in total. The topological polar surface area (TPSA) is 21.3 Å². The fraction of sp³-hybridized carbons (Fsp3) is 1.00. The molecule has 0 unspecified atom stereocenters. The molecule has 0 spiro atoms. The van der Waals surface area contributed by atoms with E-state index < -0.39 is 0 Å². The minimum atomic E-state index is 0.517. The molecule has 2 nitrogen and oxygen atoms in total. The monoisotopic (exact) mass is 127 g/mol. The third-order valence-corrected chi connectivity index (χ3v) is 2.57. The molecule has 0 radical (unpaired) electrons. The van der Waals surface area contributed by atoms with E-state index in [0.29, 0.717) is 12.1 Å². The Morgan fingerprint density at radius 2 is 2.33 bits per heavy atom. The number of hydrogen-bond donors (Lipinski definition) is 1. The zero-order valence-corrected chi connectivity index (χ0v) is 5.76. The third-order valence-electron chi connectivity index (χ3n) is 2.57. The van der Waals surface area contributed by atoms with Crippen LogP contribution < -0.4 is 5.32 Å². The van der Waals surface area contributed by atoms with Crippen molar-refractivity contribution < 1.29 is 4.74 Å². The van der Waals surface area contributed by atoms with Gasteiger partial charge in [-0.05, 0) is 25.3 Å². The van der Waals surface area contributed by atoms with Gasteiger partial charge >= 0.3 is 0 Å². The van der Waals surface area contributed by atoms with E-state index in [1.54, 1.807) is 0 Å². The molecule has 9 heavy (non-hydrogen) atoms. The molecule has 1 saturated carbocycles. The molecule has 2 rings (SSSR count). The molecule has 2 bridgehead atoms. The largest absolute Gasteiger partial charge is 0.380 e. The molecule has 2 aliphatic rings. The Kier molecular flexibility index (Phi) is 1.24. The summed E-state index contributed by atoms with van der Waals surface area (Å²) < 4.78 is 5.28. The van der Waals surface area contributed by atoms with Crippen LogP contribution in [-0.4, -0.2) is 25.8 Å². The van der Waals surface area contributed by atoms with Crippen molar-refractivity contribution in [2.24, 2.45) is 5.92 Å². The highest BCUT2D eigenvalue weighted by atomic mass is 16.5. The second-order valence-electron chi connectivity index (χ2n) is 3.13. The molecule has 1 saturated heterocycles. The van der Waals surface area contributed by atoms with E-state index in [2.05, 4.69) is 5.32 Å². The van der Waals surface area contributed by atoms with Crippen LogP contribution in [0.25, 0.3) is 0 Å². The van der Waals surface area contributed by atoms with E-state index in [4.69, 9.17) is 4.74 Å². The van der Waals surface area contributed by atoms with Crippen LogP contribution in [0.4, 0.5) is 0 Å². The maximum absolute atomic E-state index is 5.28. The van der Waals surface area contributed by atoms with Gasteiger partial charge in [0.25, 0.3) is 0 Å². The number of methoxy groups -OCH3 is 1. The molecule has 1 aliphatic carbocycles. The maximum atomic E-state index is 5.28. The van der Waals surface area contributed by atoms with Gasteiger partial charge in [-0.3, -0.25) is 0 Å². The van der Waals surface area contributed by atoms with Crippen LogP contribution >= 0.6 is 0 Å². The Labute approximate surface area is 55.6 Å². The van der Waals surface area contributed by atoms with Gasteiger partial charge in [-0.1, -0.05) is 0 Å². The van der Waals surface area contributed by atoms with E-state index in [1.165, 1.54) is 19.4 Å². The molecule has 0 amide bonds. The zero-order valence-electron chi connectivity index (χ0n) is 5.76. The molecule has 0 aromatic carbocycles. The summed E-state index contributed by atoms with van der Waals surface area (Å²) >= 11 is 0. The molecule has 0 aromatic rings. The Morgan fingerprint density at radius 1 is 1.44 bits per heavy atom. The van der Waals surface area contributed by atoms with Crippen molar-refractivity contribution in [3.8, 4) is 0 Å². The van der Waals surface area contributed by atoms with Crippen LogP contribution in [0.15, 0.2) is 0 Å². The highest BCUT2D eigenvalue weighted by Crippen LogP contribution is 2.32. The molecule has 52 valence electrons. The SMILES string of the molecule is CO[C@@H]1C[C@H]2CN[C@@H]1C2. The van der Waals surface area contributed by atoms with Gasteiger partial charge in [-0.15, -0.1) is 0 Å². The number of piperidine rings is 1. The average molecular weight is 127 g/mol.